The van der Waals surface area contributed by atoms with Gasteiger partial charge in [-0.3, -0.25) is 4.79 Å². The first kappa shape index (κ1) is 15.3. The number of rotatable bonds is 6. The Balaban J connectivity index is 2.75. The second-order valence-corrected chi connectivity index (χ2v) is 5.67. The lowest BCUT2D eigenvalue weighted by Gasteiger charge is -2.10. The predicted molar refractivity (Wildman–Crippen MR) is 74.3 cm³/mol. The lowest BCUT2D eigenvalue weighted by molar-refractivity contribution is -0.120. The molecule has 8 heteroatoms. The molecule has 1 amide bonds. The molecule has 106 valence electrons. The minimum Gasteiger partial charge on any atom is -0.398 e. The molecule has 0 aliphatic heterocycles. The molecule has 7 nitrogen and oxygen atoms in total. The molecule has 1 aromatic carbocycles. The summed E-state index contributed by atoms with van der Waals surface area (Å²) in [6.07, 6.45) is 0.326. The van der Waals surface area contributed by atoms with Crippen molar-refractivity contribution in [3.05, 3.63) is 18.2 Å². The van der Waals surface area contributed by atoms with E-state index >= 15 is 0 Å². The maximum atomic E-state index is 11.6. The number of anilines is 2. The fourth-order valence-electron chi connectivity index (χ4n) is 1.46. The Labute approximate surface area is 112 Å². The van der Waals surface area contributed by atoms with Crippen molar-refractivity contribution in [1.82, 2.24) is 10.0 Å². The second-order valence-electron chi connectivity index (χ2n) is 3.81. The van der Waals surface area contributed by atoms with Gasteiger partial charge in [-0.2, -0.15) is 0 Å². The summed E-state index contributed by atoms with van der Waals surface area (Å²) < 4.78 is 25.4. The summed E-state index contributed by atoms with van der Waals surface area (Å²) in [5.41, 5.74) is 6.52. The van der Waals surface area contributed by atoms with Crippen molar-refractivity contribution in [3.63, 3.8) is 0 Å². The molecule has 0 unspecified atom stereocenters. The largest absolute Gasteiger partial charge is 0.398 e. The Morgan fingerprint density at radius 2 is 2.00 bits per heavy atom. The first-order valence-corrected chi connectivity index (χ1v) is 7.16. The van der Waals surface area contributed by atoms with E-state index in [1.165, 1.54) is 19.2 Å². The number of nitrogens with two attached hydrogens (primary N) is 1. The molecule has 0 spiro atoms. The normalized spacial score (nSPS) is 11.1. The predicted octanol–water partition coefficient (Wildman–Crippen LogP) is -0.275. The van der Waals surface area contributed by atoms with Gasteiger partial charge >= 0.3 is 0 Å². The zero-order chi connectivity index (χ0) is 14.5. The number of sulfonamides is 1. The van der Waals surface area contributed by atoms with Crippen molar-refractivity contribution in [2.24, 2.45) is 0 Å². The van der Waals surface area contributed by atoms with Gasteiger partial charge in [0.2, 0.25) is 15.9 Å². The van der Waals surface area contributed by atoms with E-state index in [1.54, 1.807) is 13.1 Å². The third-order valence-electron chi connectivity index (χ3n) is 2.53. The quantitative estimate of drug-likeness (QED) is 0.537. The first-order chi connectivity index (χ1) is 8.90. The van der Waals surface area contributed by atoms with Crippen molar-refractivity contribution in [3.8, 4) is 0 Å². The maximum Gasteiger partial charge on any atom is 0.242 e. The summed E-state index contributed by atoms with van der Waals surface area (Å²) in [6, 6.07) is 4.54. The van der Waals surface area contributed by atoms with Crippen molar-refractivity contribution in [1.29, 1.82) is 0 Å². The van der Waals surface area contributed by atoms with Crippen molar-refractivity contribution in [2.45, 2.75) is 11.3 Å². The number of carbonyl (C=O) groups is 1. The van der Waals surface area contributed by atoms with E-state index in [0.29, 0.717) is 18.7 Å². The Hall–Kier alpha value is -1.80. The maximum absolute atomic E-state index is 11.6. The van der Waals surface area contributed by atoms with Crippen LogP contribution in [-0.2, 0) is 14.8 Å². The van der Waals surface area contributed by atoms with E-state index in [1.807, 2.05) is 0 Å². The number of nitrogens with one attached hydrogen (secondary N) is 3. The highest BCUT2D eigenvalue weighted by Gasteiger charge is 2.15. The summed E-state index contributed by atoms with van der Waals surface area (Å²) in [7, 11) is -0.660. The molecule has 0 fully saturated rings. The molecule has 0 aromatic heterocycles. The molecule has 0 heterocycles. The van der Waals surface area contributed by atoms with Crippen LogP contribution in [0, 0.1) is 0 Å². The van der Waals surface area contributed by atoms with Crippen LogP contribution < -0.4 is 21.1 Å². The molecular weight excluding hydrogens is 268 g/mol. The van der Waals surface area contributed by atoms with Crippen LogP contribution in [-0.4, -0.2) is 35.0 Å². The monoisotopic (exact) mass is 286 g/mol. The van der Waals surface area contributed by atoms with Crippen LogP contribution in [0.25, 0.3) is 0 Å². The van der Waals surface area contributed by atoms with Crippen LogP contribution in [0.5, 0.6) is 0 Å². The van der Waals surface area contributed by atoms with E-state index in [0.717, 1.165) is 0 Å². The summed E-state index contributed by atoms with van der Waals surface area (Å²) in [5, 5.41) is 5.50. The van der Waals surface area contributed by atoms with Gasteiger partial charge in [0.05, 0.1) is 5.69 Å². The van der Waals surface area contributed by atoms with Gasteiger partial charge in [0.15, 0.2) is 0 Å². The van der Waals surface area contributed by atoms with Gasteiger partial charge in [-0.15, -0.1) is 0 Å². The lowest BCUT2D eigenvalue weighted by Crippen LogP contribution is -2.21. The molecule has 0 radical (unpaired) electrons. The van der Waals surface area contributed by atoms with Crippen LogP contribution >= 0.6 is 0 Å². The number of hydrogen-bond donors (Lipinski definition) is 4. The SMILES string of the molecule is CNC(=O)CCNc1ccc(S(=O)(=O)NC)c(N)c1. The Morgan fingerprint density at radius 1 is 1.32 bits per heavy atom. The van der Waals surface area contributed by atoms with Gasteiger partial charge in [-0.05, 0) is 25.2 Å². The zero-order valence-corrected chi connectivity index (χ0v) is 11.7. The van der Waals surface area contributed by atoms with Crippen molar-refractivity contribution < 1.29 is 13.2 Å². The van der Waals surface area contributed by atoms with E-state index in [2.05, 4.69) is 15.4 Å². The lowest BCUT2D eigenvalue weighted by atomic mass is 10.2. The Morgan fingerprint density at radius 3 is 2.53 bits per heavy atom. The number of nitrogen functional groups attached to an aromatic ring is 1. The summed E-state index contributed by atoms with van der Waals surface area (Å²) in [4.78, 5) is 11.1. The van der Waals surface area contributed by atoms with Crippen LogP contribution in [0.3, 0.4) is 0 Å². The Bertz CT molecular complexity index is 557. The summed E-state index contributed by atoms with van der Waals surface area (Å²) in [5.74, 6) is -0.0742. The van der Waals surface area contributed by atoms with Crippen molar-refractivity contribution in [2.75, 3.05) is 31.7 Å². The topological polar surface area (TPSA) is 113 Å². The van der Waals surface area contributed by atoms with Crippen LogP contribution in [0.4, 0.5) is 11.4 Å². The number of amides is 1. The molecule has 1 aromatic rings. The zero-order valence-electron chi connectivity index (χ0n) is 10.9. The average Bonchev–Trinajstić information content (AvgIpc) is 2.38. The fourth-order valence-corrected chi connectivity index (χ4v) is 2.29. The van der Waals surface area contributed by atoms with E-state index in [9.17, 15) is 13.2 Å². The van der Waals surface area contributed by atoms with Gasteiger partial charge < -0.3 is 16.4 Å². The highest BCUT2D eigenvalue weighted by atomic mass is 32.2. The molecule has 0 aliphatic rings. The molecule has 5 N–H and O–H groups in total. The van der Waals surface area contributed by atoms with Gasteiger partial charge in [-0.25, -0.2) is 13.1 Å². The van der Waals surface area contributed by atoms with Crippen LogP contribution in [0.1, 0.15) is 6.42 Å². The van der Waals surface area contributed by atoms with Crippen LogP contribution in [0.15, 0.2) is 23.1 Å². The fraction of sp³-hybridized carbons (Fsp3) is 0.364. The van der Waals surface area contributed by atoms with E-state index < -0.39 is 10.0 Å². The third kappa shape index (κ3) is 4.11. The number of carbonyl (C=O) groups excluding carboxylic acids is 1. The van der Waals surface area contributed by atoms with Gasteiger partial charge in [-0.1, -0.05) is 0 Å². The molecule has 0 saturated carbocycles. The molecule has 0 saturated heterocycles. The molecular formula is C11H18N4O3S. The summed E-state index contributed by atoms with van der Waals surface area (Å²) >= 11 is 0. The van der Waals surface area contributed by atoms with Crippen LogP contribution in [0.2, 0.25) is 0 Å². The average molecular weight is 286 g/mol. The third-order valence-corrected chi connectivity index (χ3v) is 4.02. The highest BCUT2D eigenvalue weighted by molar-refractivity contribution is 7.89. The highest BCUT2D eigenvalue weighted by Crippen LogP contribution is 2.22. The van der Waals surface area contributed by atoms with Gasteiger partial charge in [0, 0.05) is 25.7 Å². The Kier molecular flexibility index (Phi) is 5.13. The number of benzene rings is 1. The summed E-state index contributed by atoms with van der Waals surface area (Å²) in [6.45, 7) is 0.442. The second kappa shape index (κ2) is 6.39. The van der Waals surface area contributed by atoms with E-state index in [4.69, 9.17) is 5.73 Å². The molecule has 0 atom stereocenters. The van der Waals surface area contributed by atoms with E-state index in [-0.39, 0.29) is 16.5 Å². The standard InChI is InChI=1S/C11H18N4O3S/c1-13-11(16)5-6-15-8-3-4-10(9(12)7-8)19(17,18)14-2/h3-4,7,14-15H,5-6,12H2,1-2H3,(H,13,16). The number of hydrogen-bond acceptors (Lipinski definition) is 5. The molecule has 0 aliphatic carbocycles. The minimum absolute atomic E-state index is 0.0341. The van der Waals surface area contributed by atoms with Gasteiger partial charge in [0.25, 0.3) is 0 Å². The molecule has 1 rings (SSSR count). The molecule has 19 heavy (non-hydrogen) atoms. The van der Waals surface area contributed by atoms with Gasteiger partial charge in [0.1, 0.15) is 4.90 Å². The molecule has 0 bridgehead atoms. The smallest absolute Gasteiger partial charge is 0.242 e. The minimum atomic E-state index is -3.55. The first-order valence-electron chi connectivity index (χ1n) is 5.68. The van der Waals surface area contributed by atoms with Crippen molar-refractivity contribution >= 4 is 27.3 Å².